The van der Waals surface area contributed by atoms with Crippen LogP contribution in [0, 0.1) is 0 Å². The van der Waals surface area contributed by atoms with Gasteiger partial charge in [0.2, 0.25) is 0 Å². The van der Waals surface area contributed by atoms with E-state index in [9.17, 15) is 21.6 Å². The average Bonchev–Trinajstić information content (AvgIpc) is 2.36. The summed E-state index contributed by atoms with van der Waals surface area (Å²) < 4.78 is 63.0. The van der Waals surface area contributed by atoms with Crippen molar-refractivity contribution in [2.45, 2.75) is 24.2 Å². The van der Waals surface area contributed by atoms with Crippen molar-refractivity contribution in [3.63, 3.8) is 0 Å². The van der Waals surface area contributed by atoms with E-state index in [-0.39, 0.29) is 5.39 Å². The molecule has 0 radical (unpaired) electrons. The summed E-state index contributed by atoms with van der Waals surface area (Å²) in [6, 6.07) is 5.84. The van der Waals surface area contributed by atoms with Gasteiger partial charge in [-0.1, -0.05) is 24.3 Å². The monoisotopic (exact) mass is 304 g/mol. The van der Waals surface area contributed by atoms with Crippen molar-refractivity contribution in [1.82, 2.24) is 9.71 Å². The van der Waals surface area contributed by atoms with Crippen molar-refractivity contribution in [2.75, 3.05) is 0 Å². The molecule has 2 aromatic rings. The molecule has 1 atom stereocenters. The van der Waals surface area contributed by atoms with Gasteiger partial charge in [-0.15, -0.1) is 0 Å². The Hall–Kier alpha value is -1.67. The van der Waals surface area contributed by atoms with E-state index in [0.29, 0.717) is 5.39 Å². The van der Waals surface area contributed by atoms with Crippen molar-refractivity contribution in [3.8, 4) is 0 Å². The summed E-state index contributed by atoms with van der Waals surface area (Å²) >= 11 is 0. The number of fused-ring (bicyclic) bond motifs is 1. The van der Waals surface area contributed by atoms with Crippen LogP contribution in [0.5, 0.6) is 0 Å². The Morgan fingerprint density at radius 2 is 1.85 bits per heavy atom. The van der Waals surface area contributed by atoms with E-state index < -0.39 is 27.3 Å². The molecule has 0 aliphatic heterocycles. The van der Waals surface area contributed by atoms with Crippen molar-refractivity contribution in [3.05, 3.63) is 36.5 Å². The van der Waals surface area contributed by atoms with Gasteiger partial charge in [-0.25, -0.2) is 13.4 Å². The number of nitrogens with one attached hydrogen (secondary N) is 1. The molecular weight excluding hydrogens is 293 g/mol. The lowest BCUT2D eigenvalue weighted by molar-refractivity contribution is -0.147. The third-order valence-corrected chi connectivity index (χ3v) is 4.21. The Morgan fingerprint density at radius 3 is 2.50 bits per heavy atom. The van der Waals surface area contributed by atoms with E-state index in [1.165, 1.54) is 12.3 Å². The SMILES string of the molecule is CC(NS(=O)(=O)c1nccc2ccccc12)C(F)(F)F. The summed E-state index contributed by atoms with van der Waals surface area (Å²) in [6.07, 6.45) is -3.41. The molecule has 0 spiro atoms. The van der Waals surface area contributed by atoms with Gasteiger partial charge in [0.15, 0.2) is 5.03 Å². The van der Waals surface area contributed by atoms with E-state index in [4.69, 9.17) is 0 Å². The van der Waals surface area contributed by atoms with Crippen LogP contribution in [0.1, 0.15) is 6.92 Å². The van der Waals surface area contributed by atoms with Gasteiger partial charge in [0, 0.05) is 11.6 Å². The number of hydrogen-bond acceptors (Lipinski definition) is 3. The van der Waals surface area contributed by atoms with Crippen LogP contribution in [0.3, 0.4) is 0 Å². The van der Waals surface area contributed by atoms with Gasteiger partial charge < -0.3 is 0 Å². The molecule has 0 amide bonds. The molecule has 108 valence electrons. The molecule has 0 aliphatic rings. The van der Waals surface area contributed by atoms with Crippen LogP contribution < -0.4 is 4.72 Å². The van der Waals surface area contributed by atoms with E-state index in [2.05, 4.69) is 4.98 Å². The maximum absolute atomic E-state index is 12.5. The largest absolute Gasteiger partial charge is 0.404 e. The first-order chi connectivity index (χ1) is 9.22. The number of sulfonamides is 1. The van der Waals surface area contributed by atoms with Gasteiger partial charge in [0.25, 0.3) is 10.0 Å². The van der Waals surface area contributed by atoms with Crippen LogP contribution in [0.25, 0.3) is 10.8 Å². The zero-order chi connectivity index (χ0) is 15.0. The van der Waals surface area contributed by atoms with Crippen molar-refractivity contribution in [2.24, 2.45) is 0 Å². The third-order valence-electron chi connectivity index (χ3n) is 2.71. The van der Waals surface area contributed by atoms with E-state index >= 15 is 0 Å². The van der Waals surface area contributed by atoms with Crippen LogP contribution in [0.4, 0.5) is 13.2 Å². The summed E-state index contributed by atoms with van der Waals surface area (Å²) in [6.45, 7) is 0.739. The number of hydrogen-bond donors (Lipinski definition) is 1. The van der Waals surface area contributed by atoms with E-state index in [1.807, 2.05) is 0 Å². The number of pyridine rings is 1. The van der Waals surface area contributed by atoms with Crippen molar-refractivity contribution in [1.29, 1.82) is 0 Å². The molecule has 0 saturated heterocycles. The fourth-order valence-electron chi connectivity index (χ4n) is 1.66. The number of halogens is 3. The van der Waals surface area contributed by atoms with Crippen molar-refractivity contribution < 1.29 is 21.6 Å². The number of alkyl halides is 3. The van der Waals surface area contributed by atoms with Gasteiger partial charge in [-0.2, -0.15) is 17.9 Å². The third kappa shape index (κ3) is 2.91. The Bertz CT molecular complexity index is 724. The summed E-state index contributed by atoms with van der Waals surface area (Å²) in [7, 11) is -4.35. The Balaban J connectivity index is 2.48. The van der Waals surface area contributed by atoms with Crippen LogP contribution in [0.15, 0.2) is 41.6 Å². The standard InChI is InChI=1S/C12H11F3N2O2S/c1-8(12(13,14)15)17-20(18,19)11-10-5-3-2-4-9(10)6-7-16-11/h2-8,17H,1H3. The first-order valence-electron chi connectivity index (χ1n) is 5.64. The molecule has 1 heterocycles. The number of rotatable bonds is 3. The second kappa shape index (κ2) is 5.02. The minimum absolute atomic E-state index is 0.275. The highest BCUT2D eigenvalue weighted by atomic mass is 32.2. The topological polar surface area (TPSA) is 59.1 Å². The number of benzene rings is 1. The summed E-state index contributed by atoms with van der Waals surface area (Å²) in [5, 5.41) is 0.450. The predicted octanol–water partition coefficient (Wildman–Crippen LogP) is 2.46. The van der Waals surface area contributed by atoms with Crippen molar-refractivity contribution >= 4 is 20.8 Å². The second-order valence-electron chi connectivity index (χ2n) is 4.22. The molecule has 1 aromatic carbocycles. The molecule has 20 heavy (non-hydrogen) atoms. The first-order valence-corrected chi connectivity index (χ1v) is 7.13. The van der Waals surface area contributed by atoms with Crippen LogP contribution in [-0.4, -0.2) is 25.6 Å². The molecular formula is C12H11F3N2O2S. The molecule has 2 rings (SSSR count). The highest BCUT2D eigenvalue weighted by Gasteiger charge is 2.39. The highest BCUT2D eigenvalue weighted by molar-refractivity contribution is 7.89. The summed E-state index contributed by atoms with van der Waals surface area (Å²) in [5.41, 5.74) is 0. The second-order valence-corrected chi connectivity index (χ2v) is 5.85. The Kier molecular flexibility index (Phi) is 3.70. The Morgan fingerprint density at radius 1 is 1.20 bits per heavy atom. The quantitative estimate of drug-likeness (QED) is 0.947. The molecule has 0 fully saturated rings. The van der Waals surface area contributed by atoms with Gasteiger partial charge >= 0.3 is 6.18 Å². The first kappa shape index (κ1) is 14.7. The average molecular weight is 304 g/mol. The fourth-order valence-corrected chi connectivity index (χ4v) is 3.05. The predicted molar refractivity (Wildman–Crippen MR) is 67.6 cm³/mol. The summed E-state index contributed by atoms with van der Waals surface area (Å²) in [4.78, 5) is 3.70. The van der Waals surface area contributed by atoms with Crippen LogP contribution in [0.2, 0.25) is 0 Å². The fraction of sp³-hybridized carbons (Fsp3) is 0.250. The van der Waals surface area contributed by atoms with E-state index in [0.717, 1.165) is 6.92 Å². The zero-order valence-corrected chi connectivity index (χ0v) is 11.2. The number of aromatic nitrogens is 1. The molecule has 8 heteroatoms. The lowest BCUT2D eigenvalue weighted by Crippen LogP contribution is -2.43. The zero-order valence-electron chi connectivity index (χ0n) is 10.3. The molecule has 4 nitrogen and oxygen atoms in total. The maximum Gasteiger partial charge on any atom is 0.404 e. The minimum atomic E-state index is -4.66. The van der Waals surface area contributed by atoms with Crippen LogP contribution in [-0.2, 0) is 10.0 Å². The maximum atomic E-state index is 12.5. The van der Waals surface area contributed by atoms with Gasteiger partial charge in [-0.3, -0.25) is 0 Å². The molecule has 1 aromatic heterocycles. The molecule has 1 unspecified atom stereocenters. The summed E-state index contributed by atoms with van der Waals surface area (Å²) in [5.74, 6) is 0. The highest BCUT2D eigenvalue weighted by Crippen LogP contribution is 2.24. The molecule has 0 aliphatic carbocycles. The van der Waals surface area contributed by atoms with Gasteiger partial charge in [-0.05, 0) is 18.4 Å². The Labute approximate surface area is 113 Å². The lowest BCUT2D eigenvalue weighted by Gasteiger charge is -2.17. The molecule has 1 N–H and O–H groups in total. The van der Waals surface area contributed by atoms with E-state index in [1.54, 1.807) is 29.0 Å². The van der Waals surface area contributed by atoms with Gasteiger partial charge in [0.1, 0.15) is 6.04 Å². The molecule has 0 saturated carbocycles. The van der Waals surface area contributed by atoms with Crippen LogP contribution >= 0.6 is 0 Å². The lowest BCUT2D eigenvalue weighted by atomic mass is 10.2. The minimum Gasteiger partial charge on any atom is -0.243 e. The van der Waals surface area contributed by atoms with Gasteiger partial charge in [0.05, 0.1) is 0 Å². The number of nitrogens with zero attached hydrogens (tertiary/aromatic N) is 1. The molecule has 0 bridgehead atoms. The smallest absolute Gasteiger partial charge is 0.243 e. The normalized spacial score (nSPS) is 14.4.